The van der Waals surface area contributed by atoms with Crippen molar-refractivity contribution in [3.8, 4) is 17.5 Å². The first-order chi connectivity index (χ1) is 14.3. The molecular weight excluding hydrogens is 398 g/mol. The van der Waals surface area contributed by atoms with Crippen molar-refractivity contribution in [1.29, 1.82) is 5.26 Å². The van der Waals surface area contributed by atoms with E-state index in [4.69, 9.17) is 16.3 Å². The van der Waals surface area contributed by atoms with Crippen LogP contribution < -0.4 is 10.1 Å². The number of nitriles is 1. The molecule has 0 unspecified atom stereocenters. The Bertz CT molecular complexity index is 1170. The molecule has 1 N–H and O–H groups in total. The number of hydrogen-bond donors (Lipinski definition) is 1. The van der Waals surface area contributed by atoms with Crippen molar-refractivity contribution in [2.45, 2.75) is 20.8 Å². The third-order valence-electron chi connectivity index (χ3n) is 4.90. The van der Waals surface area contributed by atoms with Crippen LogP contribution in [0.4, 0.5) is 5.69 Å². The second-order valence-corrected chi connectivity index (χ2v) is 7.38. The summed E-state index contributed by atoms with van der Waals surface area (Å²) in [7, 11) is 1.63. The zero-order chi connectivity index (χ0) is 21.8. The Balaban J connectivity index is 1.92. The highest BCUT2D eigenvalue weighted by atomic mass is 35.5. The van der Waals surface area contributed by atoms with Gasteiger partial charge in [-0.2, -0.15) is 5.26 Å². The monoisotopic (exact) mass is 419 g/mol. The van der Waals surface area contributed by atoms with E-state index >= 15 is 0 Å². The molecule has 0 bridgehead atoms. The zero-order valence-electron chi connectivity index (χ0n) is 17.3. The smallest absolute Gasteiger partial charge is 0.266 e. The molecule has 0 aliphatic carbocycles. The molecule has 0 fully saturated rings. The maximum absolute atomic E-state index is 12.7. The van der Waals surface area contributed by atoms with E-state index < -0.39 is 5.91 Å². The fourth-order valence-electron chi connectivity index (χ4n) is 3.32. The summed E-state index contributed by atoms with van der Waals surface area (Å²) in [5.41, 5.74) is 5.18. The second-order valence-electron chi connectivity index (χ2n) is 6.94. The molecule has 6 heteroatoms. The Hall–Kier alpha value is -3.49. The Morgan fingerprint density at radius 1 is 1.13 bits per heavy atom. The van der Waals surface area contributed by atoms with Gasteiger partial charge in [-0.25, -0.2) is 0 Å². The van der Waals surface area contributed by atoms with Gasteiger partial charge in [-0.3, -0.25) is 4.79 Å². The van der Waals surface area contributed by atoms with E-state index in [1.807, 2.05) is 57.2 Å². The highest BCUT2D eigenvalue weighted by molar-refractivity contribution is 6.30. The van der Waals surface area contributed by atoms with Gasteiger partial charge in [0.25, 0.3) is 5.91 Å². The number of nitrogens with zero attached hydrogens (tertiary/aromatic N) is 2. The van der Waals surface area contributed by atoms with Gasteiger partial charge in [0.2, 0.25) is 0 Å². The Kier molecular flexibility index (Phi) is 6.29. The van der Waals surface area contributed by atoms with Crippen LogP contribution in [-0.2, 0) is 4.79 Å². The molecule has 30 heavy (non-hydrogen) atoms. The molecule has 3 aromatic rings. The summed E-state index contributed by atoms with van der Waals surface area (Å²) >= 11 is 5.97. The number of hydrogen-bond acceptors (Lipinski definition) is 3. The van der Waals surface area contributed by atoms with Gasteiger partial charge in [-0.15, -0.1) is 0 Å². The SMILES string of the molecule is COc1ccc(-n2c(C)cc(C=C(C#N)C(=O)Nc3ccc(Cl)cc3C)c2C)cc1. The molecule has 0 saturated heterocycles. The second kappa shape index (κ2) is 8.89. The number of ether oxygens (including phenoxy) is 1. The van der Waals surface area contributed by atoms with E-state index in [1.165, 1.54) is 0 Å². The molecule has 1 aromatic heterocycles. The molecule has 0 saturated carbocycles. The van der Waals surface area contributed by atoms with Crippen molar-refractivity contribution in [2.75, 3.05) is 12.4 Å². The fraction of sp³-hybridized carbons (Fsp3) is 0.167. The molecule has 5 nitrogen and oxygen atoms in total. The van der Waals surface area contributed by atoms with Crippen molar-refractivity contribution in [1.82, 2.24) is 4.57 Å². The van der Waals surface area contributed by atoms with Crippen molar-refractivity contribution >= 4 is 29.3 Å². The number of aromatic nitrogens is 1. The molecule has 0 atom stereocenters. The number of nitrogens with one attached hydrogen (secondary N) is 1. The lowest BCUT2D eigenvalue weighted by Gasteiger charge is -2.10. The topological polar surface area (TPSA) is 67.0 Å². The third kappa shape index (κ3) is 4.40. The van der Waals surface area contributed by atoms with E-state index in [2.05, 4.69) is 9.88 Å². The van der Waals surface area contributed by atoms with Crippen LogP contribution >= 0.6 is 11.6 Å². The quantitative estimate of drug-likeness (QED) is 0.431. The molecule has 0 aliphatic heterocycles. The van der Waals surface area contributed by atoms with E-state index in [9.17, 15) is 10.1 Å². The van der Waals surface area contributed by atoms with Crippen molar-refractivity contribution in [2.24, 2.45) is 0 Å². The number of anilines is 1. The van der Waals surface area contributed by atoms with Gasteiger partial charge in [0, 0.05) is 27.8 Å². The van der Waals surface area contributed by atoms with E-state index in [0.29, 0.717) is 10.7 Å². The lowest BCUT2D eigenvalue weighted by atomic mass is 10.1. The number of methoxy groups -OCH3 is 1. The number of carbonyl (C=O) groups is 1. The summed E-state index contributed by atoms with van der Waals surface area (Å²) in [4.78, 5) is 12.7. The summed E-state index contributed by atoms with van der Waals surface area (Å²) < 4.78 is 7.29. The van der Waals surface area contributed by atoms with Crippen LogP contribution in [0.3, 0.4) is 0 Å². The average Bonchev–Trinajstić information content (AvgIpc) is 3.01. The van der Waals surface area contributed by atoms with Gasteiger partial charge in [0.05, 0.1) is 7.11 Å². The van der Waals surface area contributed by atoms with E-state index in [1.54, 1.807) is 31.4 Å². The first kappa shape index (κ1) is 21.2. The number of benzene rings is 2. The minimum atomic E-state index is -0.461. The maximum Gasteiger partial charge on any atom is 0.266 e. The fourth-order valence-corrected chi connectivity index (χ4v) is 3.55. The number of rotatable bonds is 5. The van der Waals surface area contributed by atoms with E-state index in [0.717, 1.165) is 34.0 Å². The van der Waals surface area contributed by atoms with Gasteiger partial charge in [-0.05, 0) is 86.5 Å². The van der Waals surface area contributed by atoms with Crippen LogP contribution in [0.1, 0.15) is 22.5 Å². The largest absolute Gasteiger partial charge is 0.497 e. The Morgan fingerprint density at radius 2 is 1.83 bits per heavy atom. The summed E-state index contributed by atoms with van der Waals surface area (Å²) in [5.74, 6) is 0.319. The van der Waals surface area contributed by atoms with Crippen LogP contribution in [0, 0.1) is 32.1 Å². The van der Waals surface area contributed by atoms with Crippen LogP contribution in [-0.4, -0.2) is 17.6 Å². The number of amides is 1. The van der Waals surface area contributed by atoms with Crippen LogP contribution in [0.15, 0.2) is 54.1 Å². The third-order valence-corrected chi connectivity index (χ3v) is 5.14. The van der Waals surface area contributed by atoms with E-state index in [-0.39, 0.29) is 5.57 Å². The van der Waals surface area contributed by atoms with Crippen molar-refractivity contribution in [3.05, 3.63) is 81.6 Å². The molecule has 3 rings (SSSR count). The molecule has 0 radical (unpaired) electrons. The van der Waals surface area contributed by atoms with Crippen molar-refractivity contribution < 1.29 is 9.53 Å². The first-order valence-electron chi connectivity index (χ1n) is 9.36. The maximum atomic E-state index is 12.7. The van der Waals surface area contributed by atoms with Gasteiger partial charge < -0.3 is 14.6 Å². The van der Waals surface area contributed by atoms with Gasteiger partial charge in [0.15, 0.2) is 0 Å². The molecule has 0 spiro atoms. The highest BCUT2D eigenvalue weighted by Gasteiger charge is 2.15. The van der Waals surface area contributed by atoms with Crippen LogP contribution in [0.5, 0.6) is 5.75 Å². The van der Waals surface area contributed by atoms with Gasteiger partial charge in [0.1, 0.15) is 17.4 Å². The average molecular weight is 420 g/mol. The van der Waals surface area contributed by atoms with Crippen LogP contribution in [0.2, 0.25) is 5.02 Å². The lowest BCUT2D eigenvalue weighted by Crippen LogP contribution is -2.14. The minimum absolute atomic E-state index is 0.0272. The molecule has 2 aromatic carbocycles. The first-order valence-corrected chi connectivity index (χ1v) is 9.74. The summed E-state index contributed by atoms with van der Waals surface area (Å²) in [6.45, 7) is 5.79. The normalized spacial score (nSPS) is 11.1. The van der Waals surface area contributed by atoms with Crippen molar-refractivity contribution in [3.63, 3.8) is 0 Å². The Labute approximate surface area is 181 Å². The van der Waals surface area contributed by atoms with Crippen LogP contribution in [0.25, 0.3) is 11.8 Å². The summed E-state index contributed by atoms with van der Waals surface area (Å²) in [6.07, 6.45) is 1.61. The molecular formula is C24H22ClN3O2. The highest BCUT2D eigenvalue weighted by Crippen LogP contribution is 2.25. The molecule has 152 valence electrons. The minimum Gasteiger partial charge on any atom is -0.497 e. The number of halogens is 1. The molecule has 0 aliphatic rings. The molecule has 1 amide bonds. The summed E-state index contributed by atoms with van der Waals surface area (Å²) in [6, 6.07) is 16.9. The molecule has 1 heterocycles. The number of carbonyl (C=O) groups excluding carboxylic acids is 1. The Morgan fingerprint density at radius 3 is 2.43 bits per heavy atom. The lowest BCUT2D eigenvalue weighted by molar-refractivity contribution is -0.112. The predicted octanol–water partition coefficient (Wildman–Crippen LogP) is 5.61. The standard InChI is InChI=1S/C24H22ClN3O2/c1-15-11-20(25)5-10-23(15)27-24(29)19(14-26)13-18-12-16(2)28(17(18)3)21-6-8-22(30-4)9-7-21/h5-13H,1-4H3,(H,27,29). The summed E-state index contributed by atoms with van der Waals surface area (Å²) in [5, 5.41) is 12.9. The van der Waals surface area contributed by atoms with Gasteiger partial charge >= 0.3 is 0 Å². The predicted molar refractivity (Wildman–Crippen MR) is 120 cm³/mol. The zero-order valence-corrected chi connectivity index (χ0v) is 18.0. The number of aryl methyl sites for hydroxylation is 2. The van der Waals surface area contributed by atoms with Gasteiger partial charge in [-0.1, -0.05) is 11.6 Å².